The predicted molar refractivity (Wildman–Crippen MR) is 108 cm³/mol. The van der Waals surface area contributed by atoms with Crippen LogP contribution in [0.1, 0.15) is 38.3 Å². The molecule has 4 heterocycles. The molecule has 2 aromatic heterocycles. The summed E-state index contributed by atoms with van der Waals surface area (Å²) in [6, 6.07) is 5.16. The number of benzene rings is 1. The Morgan fingerprint density at radius 2 is 2.03 bits per heavy atom. The second-order valence-electron chi connectivity index (χ2n) is 8.08. The zero-order valence-corrected chi connectivity index (χ0v) is 16.6. The number of allylic oxidation sites excluding steroid dienone is 1. The van der Waals surface area contributed by atoms with E-state index in [9.17, 15) is 18.4 Å². The van der Waals surface area contributed by atoms with Crippen molar-refractivity contribution >= 4 is 39.4 Å². The first kappa shape index (κ1) is 18.5. The van der Waals surface area contributed by atoms with E-state index >= 15 is 0 Å². The second kappa shape index (κ2) is 6.12. The molecule has 1 radical (unpaired) electrons. The summed E-state index contributed by atoms with van der Waals surface area (Å²) in [6.07, 6.45) is 1.78. The van der Waals surface area contributed by atoms with Gasteiger partial charge in [0, 0.05) is 58.6 Å². The number of fused-ring (bicyclic) bond motifs is 7. The lowest BCUT2D eigenvalue weighted by atomic mass is 9.76. The van der Waals surface area contributed by atoms with Crippen LogP contribution in [0.3, 0.4) is 0 Å². The first-order chi connectivity index (χ1) is 14.9. The third kappa shape index (κ3) is 2.57. The van der Waals surface area contributed by atoms with Crippen molar-refractivity contribution in [3.63, 3.8) is 0 Å². The number of pyridine rings is 1. The SMILES string of the molecule is CC[C]1c2c3ccc4cc5c(nc4c3cn2C=C2C(=O)CCCC(=O)C12)OC(F)(F)O5. The Morgan fingerprint density at radius 1 is 1.19 bits per heavy atom. The van der Waals surface area contributed by atoms with Crippen LogP contribution in [0, 0.1) is 11.8 Å². The molecule has 0 N–H and O–H groups in total. The summed E-state index contributed by atoms with van der Waals surface area (Å²) in [5, 5.41) is 2.21. The molecule has 31 heavy (non-hydrogen) atoms. The minimum absolute atomic E-state index is 0.00112. The number of hydrogen-bond acceptors (Lipinski definition) is 5. The molecule has 2 aliphatic heterocycles. The fraction of sp³-hybridized carbons (Fsp3) is 0.304. The molecule has 1 aromatic carbocycles. The summed E-state index contributed by atoms with van der Waals surface area (Å²) in [5.41, 5.74) is 1.88. The smallest absolute Gasteiger partial charge is 0.393 e. The van der Waals surface area contributed by atoms with Crippen LogP contribution in [-0.2, 0) is 9.59 Å². The van der Waals surface area contributed by atoms with E-state index in [1.165, 1.54) is 6.07 Å². The molecule has 1 saturated carbocycles. The molecule has 0 bridgehead atoms. The van der Waals surface area contributed by atoms with E-state index in [-0.39, 0.29) is 23.2 Å². The van der Waals surface area contributed by atoms with E-state index in [2.05, 4.69) is 14.5 Å². The second-order valence-corrected chi connectivity index (χ2v) is 8.08. The molecule has 0 amide bonds. The number of hydrogen-bond donors (Lipinski definition) is 0. The summed E-state index contributed by atoms with van der Waals surface area (Å²) in [7, 11) is 0. The maximum Gasteiger partial charge on any atom is 0.587 e. The molecule has 1 fully saturated rings. The van der Waals surface area contributed by atoms with Crippen molar-refractivity contribution in [2.45, 2.75) is 38.9 Å². The molecule has 157 valence electrons. The lowest BCUT2D eigenvalue weighted by Crippen LogP contribution is -2.30. The normalized spacial score (nSPS) is 22.4. The van der Waals surface area contributed by atoms with Crippen molar-refractivity contribution in [3.05, 3.63) is 41.6 Å². The number of aromatic nitrogens is 2. The summed E-state index contributed by atoms with van der Waals surface area (Å²) < 4.78 is 37.9. The standard InChI is InChI=1S/C23H17F2N2O4/c1-2-12-19-15(16(28)4-3-5-17(19)29)10-27-9-14-13(21(12)27)7-6-11-8-18-22(26-20(11)14)31-23(24,25)30-18/h6-10,19H,2-5H2,1H3. The van der Waals surface area contributed by atoms with Gasteiger partial charge < -0.3 is 14.0 Å². The van der Waals surface area contributed by atoms with Gasteiger partial charge in [0.15, 0.2) is 11.5 Å². The molecule has 0 spiro atoms. The van der Waals surface area contributed by atoms with Crippen LogP contribution in [-0.4, -0.2) is 27.4 Å². The molecule has 6 rings (SSSR count). The fourth-order valence-corrected chi connectivity index (χ4v) is 4.99. The van der Waals surface area contributed by atoms with Gasteiger partial charge in [-0.15, -0.1) is 8.78 Å². The number of rotatable bonds is 1. The van der Waals surface area contributed by atoms with E-state index in [4.69, 9.17) is 0 Å². The van der Waals surface area contributed by atoms with Crippen LogP contribution in [0.2, 0.25) is 0 Å². The Bertz CT molecular complexity index is 1340. The van der Waals surface area contributed by atoms with Crippen LogP contribution >= 0.6 is 0 Å². The highest BCUT2D eigenvalue weighted by Gasteiger charge is 2.45. The average Bonchev–Trinajstić information content (AvgIpc) is 3.20. The number of nitrogens with zero attached hydrogens (tertiary/aromatic N) is 2. The highest BCUT2D eigenvalue weighted by atomic mass is 19.3. The number of carbonyl (C=O) groups excluding carboxylic acids is 2. The minimum Gasteiger partial charge on any atom is -0.393 e. The molecular formula is C23H17F2N2O4. The molecule has 3 aromatic rings. The number of alkyl halides is 2. The van der Waals surface area contributed by atoms with E-state index in [1.807, 2.05) is 23.8 Å². The van der Waals surface area contributed by atoms with Crippen LogP contribution in [0.25, 0.3) is 27.9 Å². The van der Waals surface area contributed by atoms with Gasteiger partial charge in [0.25, 0.3) is 5.88 Å². The number of halogens is 2. The van der Waals surface area contributed by atoms with Gasteiger partial charge in [-0.1, -0.05) is 19.1 Å². The van der Waals surface area contributed by atoms with Gasteiger partial charge in [-0.05, 0) is 18.9 Å². The van der Waals surface area contributed by atoms with E-state index in [0.29, 0.717) is 42.2 Å². The lowest BCUT2D eigenvalue weighted by molar-refractivity contribution is -0.287. The Morgan fingerprint density at radius 3 is 2.84 bits per heavy atom. The number of ketones is 2. The topological polar surface area (TPSA) is 70.4 Å². The molecular weight excluding hydrogens is 406 g/mol. The van der Waals surface area contributed by atoms with E-state index in [1.54, 1.807) is 12.3 Å². The van der Waals surface area contributed by atoms with Gasteiger partial charge in [0.2, 0.25) is 0 Å². The molecule has 0 saturated heterocycles. The quantitative estimate of drug-likeness (QED) is 0.571. The van der Waals surface area contributed by atoms with Crippen molar-refractivity contribution in [1.82, 2.24) is 9.55 Å². The molecule has 1 aliphatic carbocycles. The summed E-state index contributed by atoms with van der Waals surface area (Å²) in [4.78, 5) is 29.9. The number of ether oxygens (including phenoxy) is 2. The molecule has 1 unspecified atom stereocenters. The predicted octanol–water partition coefficient (Wildman–Crippen LogP) is 4.64. The third-order valence-corrected chi connectivity index (χ3v) is 6.28. The van der Waals surface area contributed by atoms with Crippen LogP contribution in [0.4, 0.5) is 8.78 Å². The molecule has 1 atom stereocenters. The van der Waals surface area contributed by atoms with Crippen LogP contribution < -0.4 is 9.47 Å². The van der Waals surface area contributed by atoms with Gasteiger partial charge in [-0.2, -0.15) is 0 Å². The molecule has 3 aliphatic rings. The van der Waals surface area contributed by atoms with Crippen molar-refractivity contribution < 1.29 is 27.8 Å². The van der Waals surface area contributed by atoms with Crippen molar-refractivity contribution in [2.24, 2.45) is 5.92 Å². The number of carbonyl (C=O) groups is 2. The minimum atomic E-state index is -3.74. The summed E-state index contributed by atoms with van der Waals surface area (Å²) in [5.74, 6) is 0.0758. The number of Topliss-reactive ketones (excluding diaryl/α,β-unsaturated/α-hetero) is 2. The average molecular weight is 423 g/mol. The molecule has 8 heteroatoms. The highest BCUT2D eigenvalue weighted by molar-refractivity contribution is 6.12. The fourth-order valence-electron chi connectivity index (χ4n) is 4.99. The van der Waals surface area contributed by atoms with E-state index < -0.39 is 12.2 Å². The maximum atomic E-state index is 13.5. The monoisotopic (exact) mass is 423 g/mol. The maximum absolute atomic E-state index is 13.5. The van der Waals surface area contributed by atoms with Gasteiger partial charge in [0.05, 0.1) is 11.4 Å². The zero-order valence-electron chi connectivity index (χ0n) is 16.6. The largest absolute Gasteiger partial charge is 0.587 e. The molecule has 6 nitrogen and oxygen atoms in total. The first-order valence-electron chi connectivity index (χ1n) is 10.2. The van der Waals surface area contributed by atoms with Crippen LogP contribution in [0.5, 0.6) is 11.6 Å². The van der Waals surface area contributed by atoms with Gasteiger partial charge in [-0.25, -0.2) is 4.98 Å². The highest BCUT2D eigenvalue weighted by Crippen LogP contribution is 2.46. The lowest BCUT2D eigenvalue weighted by Gasteiger charge is -2.30. The zero-order chi connectivity index (χ0) is 21.5. The van der Waals surface area contributed by atoms with E-state index in [0.717, 1.165) is 22.4 Å². The van der Waals surface area contributed by atoms with Crippen LogP contribution in [0.15, 0.2) is 30.0 Å². The third-order valence-electron chi connectivity index (χ3n) is 6.28. The Hall–Kier alpha value is -3.29. The summed E-state index contributed by atoms with van der Waals surface area (Å²) >= 11 is 0. The van der Waals surface area contributed by atoms with Crippen molar-refractivity contribution in [2.75, 3.05) is 0 Å². The first-order valence-corrected chi connectivity index (χ1v) is 10.2. The van der Waals surface area contributed by atoms with Crippen molar-refractivity contribution in [1.29, 1.82) is 0 Å². The van der Waals surface area contributed by atoms with Crippen molar-refractivity contribution in [3.8, 4) is 11.6 Å². The Kier molecular flexibility index (Phi) is 3.65. The van der Waals surface area contributed by atoms with Gasteiger partial charge in [-0.3, -0.25) is 9.59 Å². The Balaban J connectivity index is 1.61. The summed E-state index contributed by atoms with van der Waals surface area (Å²) in [6.45, 7) is 1.98. The Labute approximate surface area is 175 Å². The van der Waals surface area contributed by atoms with Gasteiger partial charge >= 0.3 is 6.29 Å². The van der Waals surface area contributed by atoms with Gasteiger partial charge in [0.1, 0.15) is 5.78 Å².